The molecule has 1 heteroatoms. The van der Waals surface area contributed by atoms with Crippen LogP contribution < -0.4 is 5.32 Å². The molecule has 1 aromatic rings. The lowest BCUT2D eigenvalue weighted by Crippen LogP contribution is -2.34. The van der Waals surface area contributed by atoms with Crippen LogP contribution >= 0.6 is 0 Å². The van der Waals surface area contributed by atoms with Crippen LogP contribution in [0.2, 0.25) is 0 Å². The van der Waals surface area contributed by atoms with Gasteiger partial charge in [0, 0.05) is 6.04 Å². The van der Waals surface area contributed by atoms with E-state index in [0.717, 1.165) is 12.0 Å². The maximum atomic E-state index is 3.74. The summed E-state index contributed by atoms with van der Waals surface area (Å²) in [6.45, 7) is 7.94. The molecule has 1 aromatic carbocycles. The van der Waals surface area contributed by atoms with Crippen molar-refractivity contribution in [2.24, 2.45) is 5.92 Å². The molecule has 100 valence electrons. The highest BCUT2D eigenvalue weighted by atomic mass is 14.9. The van der Waals surface area contributed by atoms with Crippen LogP contribution in [0.3, 0.4) is 0 Å². The minimum atomic E-state index is 0.754. The van der Waals surface area contributed by atoms with Crippen molar-refractivity contribution in [1.29, 1.82) is 0 Å². The predicted molar refractivity (Wildman–Crippen MR) is 79.0 cm³/mol. The van der Waals surface area contributed by atoms with E-state index in [9.17, 15) is 0 Å². The number of nitrogens with one attached hydrogen (secondary N) is 1. The first kappa shape index (κ1) is 13.6. The molecular weight excluding hydrogens is 218 g/mol. The Labute approximate surface area is 112 Å². The van der Waals surface area contributed by atoms with E-state index < -0.39 is 0 Å². The molecule has 0 aliphatic heterocycles. The van der Waals surface area contributed by atoms with Gasteiger partial charge in [0.05, 0.1) is 0 Å². The van der Waals surface area contributed by atoms with Crippen molar-refractivity contribution in [2.75, 3.05) is 6.54 Å². The van der Waals surface area contributed by atoms with Crippen LogP contribution in [0.25, 0.3) is 0 Å². The summed E-state index contributed by atoms with van der Waals surface area (Å²) < 4.78 is 0. The summed E-state index contributed by atoms with van der Waals surface area (Å²) in [5, 5.41) is 3.74. The van der Waals surface area contributed by atoms with Gasteiger partial charge in [-0.25, -0.2) is 0 Å². The van der Waals surface area contributed by atoms with Crippen LogP contribution in [-0.2, 0) is 6.42 Å². The van der Waals surface area contributed by atoms with Gasteiger partial charge in [-0.3, -0.25) is 0 Å². The first-order chi connectivity index (χ1) is 8.72. The Balaban J connectivity index is 2.03. The molecule has 18 heavy (non-hydrogen) atoms. The monoisotopic (exact) mass is 245 g/mol. The maximum absolute atomic E-state index is 3.74. The Morgan fingerprint density at radius 2 is 1.89 bits per heavy atom. The quantitative estimate of drug-likeness (QED) is 0.826. The fraction of sp³-hybridized carbons (Fsp3) is 0.647. The fourth-order valence-electron chi connectivity index (χ4n) is 3.31. The van der Waals surface area contributed by atoms with E-state index in [1.54, 1.807) is 5.56 Å². The third-order valence-electron chi connectivity index (χ3n) is 4.43. The van der Waals surface area contributed by atoms with Crippen LogP contribution in [0.1, 0.15) is 49.3 Å². The third-order valence-corrected chi connectivity index (χ3v) is 4.43. The van der Waals surface area contributed by atoms with E-state index in [1.807, 2.05) is 0 Å². The Morgan fingerprint density at radius 3 is 2.56 bits per heavy atom. The predicted octanol–water partition coefficient (Wildman–Crippen LogP) is 4.01. The lowest BCUT2D eigenvalue weighted by molar-refractivity contribution is 0.398. The fourth-order valence-corrected chi connectivity index (χ4v) is 3.31. The highest BCUT2D eigenvalue weighted by Crippen LogP contribution is 2.30. The molecule has 0 bridgehead atoms. The average molecular weight is 245 g/mol. The molecule has 2 atom stereocenters. The van der Waals surface area contributed by atoms with Gasteiger partial charge in [0.2, 0.25) is 0 Å². The van der Waals surface area contributed by atoms with Gasteiger partial charge < -0.3 is 5.32 Å². The smallest absolute Gasteiger partial charge is 0.00985 e. The van der Waals surface area contributed by atoms with Gasteiger partial charge in [0.15, 0.2) is 0 Å². The van der Waals surface area contributed by atoms with Gasteiger partial charge in [0.25, 0.3) is 0 Å². The Hall–Kier alpha value is -0.820. The number of rotatable bonds is 5. The van der Waals surface area contributed by atoms with Crippen molar-refractivity contribution in [3.05, 3.63) is 34.9 Å². The van der Waals surface area contributed by atoms with E-state index in [-0.39, 0.29) is 0 Å². The van der Waals surface area contributed by atoms with Gasteiger partial charge in [-0.2, -0.15) is 0 Å². The molecule has 0 radical (unpaired) electrons. The van der Waals surface area contributed by atoms with Crippen molar-refractivity contribution in [3.63, 3.8) is 0 Å². The zero-order chi connectivity index (χ0) is 13.0. The summed E-state index contributed by atoms with van der Waals surface area (Å²) in [5.41, 5.74) is 4.53. The summed E-state index contributed by atoms with van der Waals surface area (Å²) in [7, 11) is 0. The van der Waals surface area contributed by atoms with E-state index >= 15 is 0 Å². The zero-order valence-corrected chi connectivity index (χ0v) is 12.1. The van der Waals surface area contributed by atoms with Crippen LogP contribution in [0.4, 0.5) is 0 Å². The van der Waals surface area contributed by atoms with Gasteiger partial charge in [-0.05, 0) is 68.7 Å². The molecular formula is C17H27N. The number of aryl methyl sites for hydroxylation is 2. The normalized spacial score (nSPS) is 23.5. The van der Waals surface area contributed by atoms with Crippen molar-refractivity contribution in [2.45, 2.75) is 58.9 Å². The first-order valence-electron chi connectivity index (χ1n) is 7.50. The van der Waals surface area contributed by atoms with Crippen molar-refractivity contribution < 1.29 is 0 Å². The minimum absolute atomic E-state index is 0.754. The molecule has 1 N–H and O–H groups in total. The van der Waals surface area contributed by atoms with E-state index in [2.05, 4.69) is 44.3 Å². The zero-order valence-electron chi connectivity index (χ0n) is 12.1. The van der Waals surface area contributed by atoms with Crippen LogP contribution in [0.15, 0.2) is 18.2 Å². The van der Waals surface area contributed by atoms with E-state index in [4.69, 9.17) is 0 Å². The molecule has 0 amide bonds. The van der Waals surface area contributed by atoms with Gasteiger partial charge in [-0.15, -0.1) is 0 Å². The SMILES string of the molecule is CCCNC1CCCC1Cc1c(C)cccc1C. The van der Waals surface area contributed by atoms with Crippen LogP contribution in [0.5, 0.6) is 0 Å². The largest absolute Gasteiger partial charge is 0.314 e. The molecule has 1 nitrogen and oxygen atoms in total. The van der Waals surface area contributed by atoms with Crippen LogP contribution in [0, 0.1) is 19.8 Å². The molecule has 1 aliphatic carbocycles. The molecule has 1 saturated carbocycles. The van der Waals surface area contributed by atoms with Crippen LogP contribution in [-0.4, -0.2) is 12.6 Å². The topological polar surface area (TPSA) is 12.0 Å². The second kappa shape index (κ2) is 6.38. The summed E-state index contributed by atoms with van der Waals surface area (Å²) in [4.78, 5) is 0. The summed E-state index contributed by atoms with van der Waals surface area (Å²) in [6, 6.07) is 7.44. The molecule has 0 aromatic heterocycles. The molecule has 1 aliphatic rings. The first-order valence-corrected chi connectivity index (χ1v) is 7.50. The summed E-state index contributed by atoms with van der Waals surface area (Å²) in [6.07, 6.45) is 6.67. The Morgan fingerprint density at radius 1 is 1.17 bits per heavy atom. The maximum Gasteiger partial charge on any atom is 0.00985 e. The molecule has 2 unspecified atom stereocenters. The number of hydrogen-bond donors (Lipinski definition) is 1. The Bertz CT molecular complexity index is 363. The molecule has 0 saturated heterocycles. The minimum Gasteiger partial charge on any atom is -0.314 e. The number of benzene rings is 1. The standard InChI is InChI=1S/C17H27N/c1-4-11-18-17-10-6-9-15(17)12-16-13(2)7-5-8-14(16)3/h5,7-8,15,17-18H,4,6,9-12H2,1-3H3. The lowest BCUT2D eigenvalue weighted by atomic mass is 9.89. The summed E-state index contributed by atoms with van der Waals surface area (Å²) in [5.74, 6) is 0.844. The molecule has 2 rings (SSSR count). The lowest BCUT2D eigenvalue weighted by Gasteiger charge is -2.22. The molecule has 1 fully saturated rings. The second-order valence-corrected chi connectivity index (χ2v) is 5.83. The highest BCUT2D eigenvalue weighted by molar-refractivity contribution is 5.34. The average Bonchev–Trinajstić information content (AvgIpc) is 2.79. The van der Waals surface area contributed by atoms with E-state index in [1.165, 1.54) is 49.8 Å². The highest BCUT2D eigenvalue weighted by Gasteiger charge is 2.27. The van der Waals surface area contributed by atoms with Crippen molar-refractivity contribution in [3.8, 4) is 0 Å². The summed E-state index contributed by atoms with van der Waals surface area (Å²) >= 11 is 0. The van der Waals surface area contributed by atoms with Gasteiger partial charge >= 0.3 is 0 Å². The van der Waals surface area contributed by atoms with Gasteiger partial charge in [0.1, 0.15) is 0 Å². The third kappa shape index (κ3) is 3.14. The van der Waals surface area contributed by atoms with Gasteiger partial charge in [-0.1, -0.05) is 31.5 Å². The second-order valence-electron chi connectivity index (χ2n) is 5.83. The molecule has 0 spiro atoms. The van der Waals surface area contributed by atoms with Crippen molar-refractivity contribution >= 4 is 0 Å². The van der Waals surface area contributed by atoms with E-state index in [0.29, 0.717) is 0 Å². The Kier molecular flexibility index (Phi) is 4.82. The van der Waals surface area contributed by atoms with Crippen molar-refractivity contribution in [1.82, 2.24) is 5.32 Å². The molecule has 0 heterocycles. The number of hydrogen-bond acceptors (Lipinski definition) is 1.